The van der Waals surface area contributed by atoms with Gasteiger partial charge in [0.2, 0.25) is 0 Å². The van der Waals surface area contributed by atoms with Gasteiger partial charge in [-0.05, 0) is 12.1 Å². The first-order valence-corrected chi connectivity index (χ1v) is 11.0. The smallest absolute Gasteiger partial charge is 0.279 e. The lowest BCUT2D eigenvalue weighted by Gasteiger charge is -2.40. The third kappa shape index (κ3) is 3.84. The fourth-order valence-electron chi connectivity index (χ4n) is 3.40. The predicted octanol–water partition coefficient (Wildman–Crippen LogP) is 0.0246. The quantitative estimate of drug-likeness (QED) is 0.742. The van der Waals surface area contributed by atoms with E-state index < -0.39 is 10.2 Å². The van der Waals surface area contributed by atoms with E-state index in [4.69, 9.17) is 9.84 Å². The van der Waals surface area contributed by atoms with Gasteiger partial charge < -0.3 is 9.64 Å². The highest BCUT2D eigenvalue weighted by atomic mass is 32.2. The summed E-state index contributed by atoms with van der Waals surface area (Å²) in [5.74, 6) is 1.93. The van der Waals surface area contributed by atoms with Crippen LogP contribution in [0.15, 0.2) is 12.1 Å². The summed E-state index contributed by atoms with van der Waals surface area (Å²) in [7, 11) is -3.43. The van der Waals surface area contributed by atoms with Crippen LogP contribution in [0.3, 0.4) is 0 Å². The summed E-state index contributed by atoms with van der Waals surface area (Å²) in [6.45, 7) is 9.91. The maximum absolute atomic E-state index is 12.3. The molecule has 10 nitrogen and oxygen atoms in total. The van der Waals surface area contributed by atoms with Gasteiger partial charge in [0.1, 0.15) is 5.82 Å². The van der Waals surface area contributed by atoms with Gasteiger partial charge in [0.05, 0.1) is 13.2 Å². The SMILES string of the molecule is CC(C)(C)c1nnc2ccc(N3CC(CNS(=O)(=O)N4CCOCC4)C3)nn12. The van der Waals surface area contributed by atoms with Gasteiger partial charge in [-0.1, -0.05) is 20.8 Å². The van der Waals surface area contributed by atoms with Crippen molar-refractivity contribution >= 4 is 21.7 Å². The molecular formula is C17H27N7O3S. The molecule has 2 saturated heterocycles. The Kier molecular flexibility index (Phi) is 5.02. The molecule has 0 atom stereocenters. The molecule has 4 heterocycles. The molecule has 154 valence electrons. The van der Waals surface area contributed by atoms with Crippen molar-refractivity contribution in [2.45, 2.75) is 26.2 Å². The molecule has 0 aliphatic carbocycles. The van der Waals surface area contributed by atoms with E-state index in [2.05, 4.69) is 40.6 Å². The summed E-state index contributed by atoms with van der Waals surface area (Å²) in [6, 6.07) is 3.85. The predicted molar refractivity (Wildman–Crippen MR) is 104 cm³/mol. The van der Waals surface area contributed by atoms with Crippen LogP contribution in [-0.2, 0) is 20.4 Å². The van der Waals surface area contributed by atoms with Gasteiger partial charge in [0.25, 0.3) is 10.2 Å². The van der Waals surface area contributed by atoms with E-state index in [9.17, 15) is 8.42 Å². The van der Waals surface area contributed by atoms with Crippen LogP contribution in [0.25, 0.3) is 5.65 Å². The third-order valence-corrected chi connectivity index (χ3v) is 6.64. The molecule has 0 bridgehead atoms. The highest BCUT2D eigenvalue weighted by Gasteiger charge is 2.31. The second kappa shape index (κ2) is 7.21. The summed E-state index contributed by atoms with van der Waals surface area (Å²) in [5, 5.41) is 13.2. The number of hydrogen-bond acceptors (Lipinski definition) is 7. The van der Waals surface area contributed by atoms with Crippen LogP contribution in [0.2, 0.25) is 0 Å². The average Bonchev–Trinajstić information content (AvgIpc) is 3.04. The topological polar surface area (TPSA) is 105 Å². The summed E-state index contributed by atoms with van der Waals surface area (Å²) in [6.07, 6.45) is 0. The summed E-state index contributed by atoms with van der Waals surface area (Å²) in [5.41, 5.74) is 0.573. The van der Waals surface area contributed by atoms with Gasteiger partial charge in [-0.3, -0.25) is 0 Å². The van der Waals surface area contributed by atoms with E-state index >= 15 is 0 Å². The zero-order chi connectivity index (χ0) is 19.9. The lowest BCUT2D eigenvalue weighted by atomic mass is 9.96. The van der Waals surface area contributed by atoms with E-state index in [1.54, 1.807) is 4.52 Å². The summed E-state index contributed by atoms with van der Waals surface area (Å²) < 4.78 is 35.9. The second-order valence-electron chi connectivity index (χ2n) is 8.37. The van der Waals surface area contributed by atoms with Gasteiger partial charge in [-0.25, -0.2) is 4.72 Å². The van der Waals surface area contributed by atoms with Crippen molar-refractivity contribution in [2.24, 2.45) is 5.92 Å². The van der Waals surface area contributed by atoms with Crippen LogP contribution in [0.5, 0.6) is 0 Å². The van der Waals surface area contributed by atoms with Crippen molar-refractivity contribution in [3.63, 3.8) is 0 Å². The Bertz CT molecular complexity index is 941. The first-order valence-electron chi connectivity index (χ1n) is 9.54. The van der Waals surface area contributed by atoms with Crippen LogP contribution in [0.1, 0.15) is 26.6 Å². The number of rotatable bonds is 5. The van der Waals surface area contributed by atoms with E-state index in [0.29, 0.717) is 32.8 Å². The van der Waals surface area contributed by atoms with Crippen molar-refractivity contribution in [3.8, 4) is 0 Å². The fourth-order valence-corrected chi connectivity index (χ4v) is 4.66. The average molecular weight is 410 g/mol. The normalized spacial score (nSPS) is 19.9. The van der Waals surface area contributed by atoms with Crippen LogP contribution in [0.4, 0.5) is 5.82 Å². The zero-order valence-electron chi connectivity index (χ0n) is 16.5. The van der Waals surface area contributed by atoms with E-state index in [1.807, 2.05) is 12.1 Å². The minimum atomic E-state index is -3.43. The van der Waals surface area contributed by atoms with E-state index in [1.165, 1.54) is 4.31 Å². The Morgan fingerprint density at radius 3 is 2.57 bits per heavy atom. The minimum Gasteiger partial charge on any atom is -0.379 e. The maximum atomic E-state index is 12.3. The van der Waals surface area contributed by atoms with E-state index in [-0.39, 0.29) is 11.3 Å². The number of nitrogens with one attached hydrogen (secondary N) is 1. The van der Waals surface area contributed by atoms with Crippen molar-refractivity contribution in [1.82, 2.24) is 28.8 Å². The van der Waals surface area contributed by atoms with E-state index in [0.717, 1.165) is 30.4 Å². The van der Waals surface area contributed by atoms with Gasteiger partial charge in [-0.2, -0.15) is 17.2 Å². The molecule has 2 aromatic rings. The second-order valence-corrected chi connectivity index (χ2v) is 10.1. The molecule has 0 unspecified atom stereocenters. The molecule has 1 N–H and O–H groups in total. The standard InChI is InChI=1S/C17H27N7O3S/c1-17(2,3)16-20-19-14-4-5-15(21-24(14)16)22-11-13(12-22)10-18-28(25,26)23-6-8-27-9-7-23/h4-5,13,18H,6-12H2,1-3H3. The lowest BCUT2D eigenvalue weighted by molar-refractivity contribution is 0.0724. The van der Waals surface area contributed by atoms with Crippen molar-refractivity contribution in [1.29, 1.82) is 0 Å². The molecule has 2 aliphatic heterocycles. The Hall–Kier alpha value is -1.82. The molecule has 0 amide bonds. The number of morpholine rings is 1. The van der Waals surface area contributed by atoms with Gasteiger partial charge >= 0.3 is 0 Å². The number of nitrogens with zero attached hydrogens (tertiary/aromatic N) is 6. The molecule has 28 heavy (non-hydrogen) atoms. The Morgan fingerprint density at radius 1 is 1.18 bits per heavy atom. The highest BCUT2D eigenvalue weighted by Crippen LogP contribution is 2.25. The van der Waals surface area contributed by atoms with Crippen LogP contribution >= 0.6 is 0 Å². The largest absolute Gasteiger partial charge is 0.379 e. The Labute approximate surface area is 165 Å². The van der Waals surface area contributed by atoms with Gasteiger partial charge in [0.15, 0.2) is 11.5 Å². The number of aromatic nitrogens is 4. The Morgan fingerprint density at radius 2 is 1.89 bits per heavy atom. The monoisotopic (exact) mass is 409 g/mol. The minimum absolute atomic E-state index is 0.152. The molecule has 2 aromatic heterocycles. The molecule has 0 saturated carbocycles. The molecule has 11 heteroatoms. The molecule has 4 rings (SSSR count). The number of ether oxygens (including phenoxy) is 1. The van der Waals surface area contributed by atoms with Crippen molar-refractivity contribution in [3.05, 3.63) is 18.0 Å². The summed E-state index contributed by atoms with van der Waals surface area (Å²) in [4.78, 5) is 2.14. The third-order valence-electron chi connectivity index (χ3n) is 5.07. The van der Waals surface area contributed by atoms with Gasteiger partial charge in [-0.15, -0.1) is 15.3 Å². The first kappa shape index (κ1) is 19.5. The molecule has 2 fully saturated rings. The fraction of sp³-hybridized carbons (Fsp3) is 0.706. The molecule has 0 spiro atoms. The highest BCUT2D eigenvalue weighted by molar-refractivity contribution is 7.87. The van der Waals surface area contributed by atoms with Crippen LogP contribution < -0.4 is 9.62 Å². The molecule has 0 radical (unpaired) electrons. The Balaban J connectivity index is 1.36. The van der Waals surface area contributed by atoms with Crippen molar-refractivity contribution < 1.29 is 13.2 Å². The summed E-state index contributed by atoms with van der Waals surface area (Å²) >= 11 is 0. The number of hydrogen-bond donors (Lipinski definition) is 1. The zero-order valence-corrected chi connectivity index (χ0v) is 17.3. The maximum Gasteiger partial charge on any atom is 0.279 e. The molecule has 2 aliphatic rings. The van der Waals surface area contributed by atoms with Gasteiger partial charge in [0, 0.05) is 44.1 Å². The number of fused-ring (bicyclic) bond motifs is 1. The van der Waals surface area contributed by atoms with Crippen LogP contribution in [0, 0.1) is 5.92 Å². The molecular weight excluding hydrogens is 382 g/mol. The number of anilines is 1. The molecule has 0 aromatic carbocycles. The lowest BCUT2D eigenvalue weighted by Crippen LogP contribution is -2.54. The first-order chi connectivity index (χ1) is 13.2. The van der Waals surface area contributed by atoms with Crippen LogP contribution in [-0.4, -0.2) is 78.5 Å². The van der Waals surface area contributed by atoms with Crippen molar-refractivity contribution in [2.75, 3.05) is 50.8 Å².